The molecular weight excluding hydrogens is 433 g/mol. The number of amides is 1. The molecule has 28 heavy (non-hydrogen) atoms. The zero-order valence-corrected chi connectivity index (χ0v) is 17.4. The van der Waals surface area contributed by atoms with Gasteiger partial charge in [-0.25, -0.2) is 4.79 Å². The van der Waals surface area contributed by atoms with Crippen molar-refractivity contribution in [3.05, 3.63) is 44.9 Å². The van der Waals surface area contributed by atoms with E-state index in [0.717, 1.165) is 0 Å². The molecule has 0 saturated heterocycles. The van der Waals surface area contributed by atoms with E-state index in [1.54, 1.807) is 0 Å². The number of methoxy groups -OCH3 is 3. The predicted octanol–water partition coefficient (Wildman–Crippen LogP) is 4.47. The van der Waals surface area contributed by atoms with Gasteiger partial charge in [-0.1, -0.05) is 34.8 Å². The average molecular weight is 449 g/mol. The molecule has 2 aromatic rings. The standard InChI is InChI=1S/C18H16Cl3NO6/c1-25-14-4-9(5-15(26-2)17(14)27-3)18(24)28-8-16(23)22-13-7-11(20)10(19)6-12(13)21/h4-7H,8H2,1-3H3,(H,22,23). The molecule has 2 aromatic carbocycles. The van der Waals surface area contributed by atoms with Gasteiger partial charge < -0.3 is 24.3 Å². The molecule has 0 bridgehead atoms. The van der Waals surface area contributed by atoms with Crippen molar-refractivity contribution in [3.63, 3.8) is 0 Å². The maximum atomic E-state index is 12.3. The maximum Gasteiger partial charge on any atom is 0.338 e. The lowest BCUT2D eigenvalue weighted by Crippen LogP contribution is -2.21. The number of nitrogens with one attached hydrogen (secondary N) is 1. The summed E-state index contributed by atoms with van der Waals surface area (Å²) in [5.41, 5.74) is 0.361. The Morgan fingerprint density at radius 1 is 0.857 bits per heavy atom. The largest absolute Gasteiger partial charge is 0.493 e. The van der Waals surface area contributed by atoms with Gasteiger partial charge in [-0.15, -0.1) is 0 Å². The number of anilines is 1. The van der Waals surface area contributed by atoms with Crippen LogP contribution in [-0.4, -0.2) is 39.8 Å². The zero-order valence-electron chi connectivity index (χ0n) is 15.1. The van der Waals surface area contributed by atoms with Crippen LogP contribution in [0.4, 0.5) is 5.69 Å². The first-order chi connectivity index (χ1) is 13.3. The molecule has 1 N–H and O–H groups in total. The summed E-state index contributed by atoms with van der Waals surface area (Å²) in [6.45, 7) is -0.550. The highest BCUT2D eigenvalue weighted by Crippen LogP contribution is 2.38. The number of hydrogen-bond donors (Lipinski definition) is 1. The molecule has 0 unspecified atom stereocenters. The number of ether oxygens (including phenoxy) is 4. The molecule has 0 atom stereocenters. The van der Waals surface area contributed by atoms with Crippen LogP contribution in [0.3, 0.4) is 0 Å². The molecule has 0 saturated carbocycles. The molecule has 1 amide bonds. The minimum absolute atomic E-state index is 0.120. The van der Waals surface area contributed by atoms with Gasteiger partial charge in [0.25, 0.3) is 5.91 Å². The number of benzene rings is 2. The summed E-state index contributed by atoms with van der Waals surface area (Å²) in [5, 5.41) is 3.15. The fourth-order valence-electron chi connectivity index (χ4n) is 2.22. The van der Waals surface area contributed by atoms with Crippen LogP contribution in [0.25, 0.3) is 0 Å². The van der Waals surface area contributed by atoms with Gasteiger partial charge in [0, 0.05) is 0 Å². The summed E-state index contributed by atoms with van der Waals surface area (Å²) >= 11 is 17.7. The molecule has 0 aliphatic rings. The molecule has 0 aliphatic carbocycles. The van der Waals surface area contributed by atoms with Crippen LogP contribution in [0.5, 0.6) is 17.2 Å². The second-order valence-corrected chi connectivity index (χ2v) is 6.51. The molecule has 0 spiro atoms. The second kappa shape index (κ2) is 9.73. The maximum absolute atomic E-state index is 12.3. The monoisotopic (exact) mass is 447 g/mol. The number of halogens is 3. The number of carbonyl (C=O) groups excluding carboxylic acids is 2. The van der Waals surface area contributed by atoms with Crippen LogP contribution in [0, 0.1) is 0 Å². The van der Waals surface area contributed by atoms with E-state index in [0.29, 0.717) is 5.75 Å². The Morgan fingerprint density at radius 3 is 1.96 bits per heavy atom. The van der Waals surface area contributed by atoms with Crippen molar-refractivity contribution in [1.29, 1.82) is 0 Å². The van der Waals surface area contributed by atoms with Gasteiger partial charge in [-0.2, -0.15) is 0 Å². The van der Waals surface area contributed by atoms with Crippen molar-refractivity contribution in [2.24, 2.45) is 0 Å². The van der Waals surface area contributed by atoms with E-state index in [9.17, 15) is 9.59 Å². The lowest BCUT2D eigenvalue weighted by atomic mass is 10.2. The molecule has 7 nitrogen and oxygen atoms in total. The Kier molecular flexibility index (Phi) is 7.62. The predicted molar refractivity (Wildman–Crippen MR) is 106 cm³/mol. The summed E-state index contributed by atoms with van der Waals surface area (Å²) < 4.78 is 20.6. The van der Waals surface area contributed by atoms with Gasteiger partial charge in [0.15, 0.2) is 18.1 Å². The highest BCUT2D eigenvalue weighted by atomic mass is 35.5. The smallest absolute Gasteiger partial charge is 0.338 e. The third-order valence-corrected chi connectivity index (χ3v) is 4.55. The van der Waals surface area contributed by atoms with Crippen molar-refractivity contribution >= 4 is 52.4 Å². The van der Waals surface area contributed by atoms with E-state index < -0.39 is 18.5 Å². The van der Waals surface area contributed by atoms with Crippen molar-refractivity contribution in [1.82, 2.24) is 0 Å². The Hall–Kier alpha value is -2.35. The van der Waals surface area contributed by atoms with Gasteiger partial charge >= 0.3 is 5.97 Å². The molecule has 10 heteroatoms. The highest BCUT2D eigenvalue weighted by Gasteiger charge is 2.19. The minimum atomic E-state index is -0.755. The van der Waals surface area contributed by atoms with Crippen LogP contribution >= 0.6 is 34.8 Å². The number of carbonyl (C=O) groups is 2. The fourth-order valence-corrected chi connectivity index (χ4v) is 2.81. The minimum Gasteiger partial charge on any atom is -0.493 e. The molecule has 2 rings (SSSR count). The molecule has 0 heterocycles. The first-order valence-electron chi connectivity index (χ1n) is 7.72. The van der Waals surface area contributed by atoms with Crippen LogP contribution in [0.1, 0.15) is 10.4 Å². The molecule has 0 aromatic heterocycles. The molecule has 0 aliphatic heterocycles. The number of esters is 1. The van der Waals surface area contributed by atoms with E-state index in [4.69, 9.17) is 53.8 Å². The first kappa shape index (κ1) is 21.9. The topological polar surface area (TPSA) is 83.1 Å². The van der Waals surface area contributed by atoms with E-state index in [1.807, 2.05) is 0 Å². The van der Waals surface area contributed by atoms with E-state index in [-0.39, 0.29) is 37.8 Å². The third kappa shape index (κ3) is 5.13. The summed E-state index contributed by atoms with van der Waals surface area (Å²) in [5.74, 6) is -0.481. The molecule has 150 valence electrons. The summed E-state index contributed by atoms with van der Waals surface area (Å²) in [6.07, 6.45) is 0. The SMILES string of the molecule is COc1cc(C(=O)OCC(=O)Nc2cc(Cl)c(Cl)cc2Cl)cc(OC)c1OC. The average Bonchev–Trinajstić information content (AvgIpc) is 2.68. The lowest BCUT2D eigenvalue weighted by molar-refractivity contribution is -0.119. The molecular formula is C18H16Cl3NO6. The number of rotatable bonds is 7. The summed E-state index contributed by atoms with van der Waals surface area (Å²) in [6, 6.07) is 5.61. The van der Waals surface area contributed by atoms with Gasteiger partial charge in [-0.05, 0) is 24.3 Å². The lowest BCUT2D eigenvalue weighted by Gasteiger charge is -2.14. The van der Waals surface area contributed by atoms with Crippen molar-refractivity contribution in [2.45, 2.75) is 0 Å². The Morgan fingerprint density at radius 2 is 1.43 bits per heavy atom. The number of hydrogen-bond acceptors (Lipinski definition) is 6. The van der Waals surface area contributed by atoms with Crippen molar-refractivity contribution < 1.29 is 28.5 Å². The first-order valence-corrected chi connectivity index (χ1v) is 8.85. The van der Waals surface area contributed by atoms with Crippen LogP contribution in [0.15, 0.2) is 24.3 Å². The Balaban J connectivity index is 2.08. The fraction of sp³-hybridized carbons (Fsp3) is 0.222. The van der Waals surface area contributed by atoms with Gasteiger partial charge in [0.2, 0.25) is 5.75 Å². The van der Waals surface area contributed by atoms with Gasteiger partial charge in [-0.3, -0.25) is 4.79 Å². The highest BCUT2D eigenvalue weighted by molar-refractivity contribution is 6.44. The molecule has 0 radical (unpaired) electrons. The Bertz CT molecular complexity index is 878. The second-order valence-electron chi connectivity index (χ2n) is 5.28. The molecule has 0 fully saturated rings. The van der Waals surface area contributed by atoms with E-state index in [2.05, 4.69) is 5.32 Å². The van der Waals surface area contributed by atoms with Crippen LogP contribution < -0.4 is 19.5 Å². The van der Waals surface area contributed by atoms with Crippen molar-refractivity contribution in [2.75, 3.05) is 33.3 Å². The van der Waals surface area contributed by atoms with E-state index in [1.165, 1.54) is 45.6 Å². The Labute approximate surface area is 176 Å². The van der Waals surface area contributed by atoms with Crippen LogP contribution in [-0.2, 0) is 9.53 Å². The zero-order chi connectivity index (χ0) is 20.8. The summed E-state index contributed by atoms with van der Waals surface area (Å²) in [7, 11) is 4.28. The van der Waals surface area contributed by atoms with E-state index >= 15 is 0 Å². The van der Waals surface area contributed by atoms with Crippen molar-refractivity contribution in [3.8, 4) is 17.2 Å². The van der Waals surface area contributed by atoms with Crippen LogP contribution in [0.2, 0.25) is 15.1 Å². The van der Waals surface area contributed by atoms with Gasteiger partial charge in [0.1, 0.15) is 0 Å². The summed E-state index contributed by atoms with van der Waals surface area (Å²) in [4.78, 5) is 24.3. The third-order valence-electron chi connectivity index (χ3n) is 3.52. The quantitative estimate of drug-likeness (QED) is 0.497. The normalized spacial score (nSPS) is 10.2. The van der Waals surface area contributed by atoms with Gasteiger partial charge in [0.05, 0.1) is 47.6 Å².